The summed E-state index contributed by atoms with van der Waals surface area (Å²) >= 11 is 0. The Balaban J connectivity index is 1.63. The molecule has 5 rings (SSSR count). The van der Waals surface area contributed by atoms with Crippen LogP contribution in [0.5, 0.6) is 23.0 Å². The molecule has 0 aromatic heterocycles. The van der Waals surface area contributed by atoms with Gasteiger partial charge in [-0.1, -0.05) is 6.08 Å². The van der Waals surface area contributed by atoms with Crippen LogP contribution in [-0.4, -0.2) is 22.4 Å². The van der Waals surface area contributed by atoms with Gasteiger partial charge in [0.2, 0.25) is 0 Å². The van der Waals surface area contributed by atoms with Crippen molar-refractivity contribution in [2.45, 2.75) is 31.2 Å². The minimum atomic E-state index is -1.27. The smallest absolute Gasteiger partial charge is 0.168 e. The maximum absolute atomic E-state index is 11.3. The zero-order valence-corrected chi connectivity index (χ0v) is 13.9. The summed E-state index contributed by atoms with van der Waals surface area (Å²) in [6, 6.07) is 8.59. The molecule has 2 N–H and O–H groups in total. The van der Waals surface area contributed by atoms with E-state index < -0.39 is 11.7 Å². The summed E-state index contributed by atoms with van der Waals surface area (Å²) in [7, 11) is 0. The Hall–Kier alpha value is -2.66. The van der Waals surface area contributed by atoms with Gasteiger partial charge in [0.15, 0.2) is 11.7 Å². The lowest BCUT2D eigenvalue weighted by Crippen LogP contribution is -2.41. The Bertz CT molecular complexity index is 930. The highest BCUT2D eigenvalue weighted by molar-refractivity contribution is 5.66. The molecule has 128 valence electrons. The van der Waals surface area contributed by atoms with Crippen molar-refractivity contribution < 1.29 is 24.4 Å². The molecule has 25 heavy (non-hydrogen) atoms. The van der Waals surface area contributed by atoms with Crippen LogP contribution in [0.25, 0.3) is 6.08 Å². The standard InChI is InChI=1S/C20H18O5/c1-19(2)6-5-11-7-14-17(9-15(11)25-19)24-18-13-4-3-12(21)8-16(13)23-10-20(14,18)22/h3-9,18,21-22H,10H2,1-2H3. The lowest BCUT2D eigenvalue weighted by atomic mass is 9.84. The van der Waals surface area contributed by atoms with Gasteiger partial charge < -0.3 is 24.4 Å². The maximum atomic E-state index is 11.3. The number of aliphatic hydroxyl groups is 1. The van der Waals surface area contributed by atoms with Gasteiger partial charge in [0.1, 0.15) is 35.2 Å². The summed E-state index contributed by atoms with van der Waals surface area (Å²) in [6.45, 7) is 4.05. The monoisotopic (exact) mass is 338 g/mol. The average Bonchev–Trinajstić information content (AvgIpc) is 2.84. The lowest BCUT2D eigenvalue weighted by Gasteiger charge is -2.35. The van der Waals surface area contributed by atoms with Crippen LogP contribution in [0.15, 0.2) is 36.4 Å². The van der Waals surface area contributed by atoms with Gasteiger partial charge in [-0.3, -0.25) is 0 Å². The molecule has 0 bridgehead atoms. The number of fused-ring (bicyclic) bond motifs is 6. The Kier molecular flexibility index (Phi) is 2.63. The van der Waals surface area contributed by atoms with E-state index in [2.05, 4.69) is 0 Å². The number of phenolic OH excluding ortho intramolecular Hbond substituents is 1. The van der Waals surface area contributed by atoms with E-state index in [0.717, 1.165) is 16.9 Å². The van der Waals surface area contributed by atoms with Gasteiger partial charge in [0.05, 0.1) is 0 Å². The molecule has 0 radical (unpaired) electrons. The number of hydrogen-bond donors (Lipinski definition) is 2. The van der Waals surface area contributed by atoms with Gasteiger partial charge in [-0.25, -0.2) is 0 Å². The van der Waals surface area contributed by atoms with E-state index >= 15 is 0 Å². The summed E-state index contributed by atoms with van der Waals surface area (Å²) in [6.07, 6.45) is 3.42. The average molecular weight is 338 g/mol. The van der Waals surface area contributed by atoms with Crippen LogP contribution in [0.3, 0.4) is 0 Å². The molecule has 0 saturated heterocycles. The van der Waals surface area contributed by atoms with Crippen molar-refractivity contribution in [1.29, 1.82) is 0 Å². The largest absolute Gasteiger partial charge is 0.508 e. The molecule has 0 amide bonds. The molecule has 0 spiro atoms. The quantitative estimate of drug-likeness (QED) is 0.771. The van der Waals surface area contributed by atoms with Crippen LogP contribution in [0, 0.1) is 0 Å². The van der Waals surface area contributed by atoms with Crippen molar-refractivity contribution in [3.8, 4) is 23.0 Å². The number of ether oxygens (including phenoxy) is 3. The molecule has 3 aliphatic rings. The molecule has 2 unspecified atom stereocenters. The number of aromatic hydroxyl groups is 1. The first kappa shape index (κ1) is 14.7. The van der Waals surface area contributed by atoms with Crippen molar-refractivity contribution >= 4 is 6.08 Å². The highest BCUT2D eigenvalue weighted by Crippen LogP contribution is 2.55. The zero-order valence-electron chi connectivity index (χ0n) is 13.9. The van der Waals surface area contributed by atoms with Crippen LogP contribution in [0.2, 0.25) is 0 Å². The highest BCUT2D eigenvalue weighted by Gasteiger charge is 2.53. The third kappa shape index (κ3) is 1.99. The van der Waals surface area contributed by atoms with Gasteiger partial charge in [-0.15, -0.1) is 0 Å². The molecule has 0 fully saturated rings. The van der Waals surface area contributed by atoms with E-state index in [1.165, 1.54) is 0 Å². The molecule has 3 aliphatic heterocycles. The van der Waals surface area contributed by atoms with Crippen LogP contribution in [-0.2, 0) is 5.60 Å². The topological polar surface area (TPSA) is 68.2 Å². The first-order valence-corrected chi connectivity index (χ1v) is 8.27. The predicted octanol–water partition coefficient (Wildman–Crippen LogP) is 3.29. The van der Waals surface area contributed by atoms with E-state index in [1.807, 2.05) is 38.1 Å². The van der Waals surface area contributed by atoms with Crippen LogP contribution in [0.1, 0.15) is 36.6 Å². The number of hydrogen-bond acceptors (Lipinski definition) is 5. The molecule has 5 nitrogen and oxygen atoms in total. The SMILES string of the molecule is CC1(C)C=Cc2cc3c(cc2O1)OC1c2ccc(O)cc2OCC31O. The van der Waals surface area contributed by atoms with Crippen LogP contribution < -0.4 is 14.2 Å². The van der Waals surface area contributed by atoms with Crippen LogP contribution >= 0.6 is 0 Å². The van der Waals surface area contributed by atoms with Crippen molar-refractivity contribution in [1.82, 2.24) is 0 Å². The maximum Gasteiger partial charge on any atom is 0.168 e. The van der Waals surface area contributed by atoms with Gasteiger partial charge >= 0.3 is 0 Å². The Morgan fingerprint density at radius 1 is 1.08 bits per heavy atom. The van der Waals surface area contributed by atoms with Crippen molar-refractivity contribution in [3.63, 3.8) is 0 Å². The van der Waals surface area contributed by atoms with Crippen molar-refractivity contribution in [2.75, 3.05) is 6.61 Å². The molecule has 2 atom stereocenters. The fourth-order valence-corrected chi connectivity index (χ4v) is 3.73. The second-order valence-electron chi connectivity index (χ2n) is 7.36. The van der Waals surface area contributed by atoms with E-state index in [1.54, 1.807) is 18.2 Å². The second kappa shape index (κ2) is 4.49. The zero-order chi connectivity index (χ0) is 17.4. The fourth-order valence-electron chi connectivity index (χ4n) is 3.73. The molecule has 0 aliphatic carbocycles. The minimum absolute atomic E-state index is 0.0654. The second-order valence-corrected chi connectivity index (χ2v) is 7.36. The molecule has 0 saturated carbocycles. The molecular formula is C20H18O5. The summed E-state index contributed by atoms with van der Waals surface area (Å²) in [5.41, 5.74) is 0.680. The molecule has 2 aromatic carbocycles. The Morgan fingerprint density at radius 2 is 1.92 bits per heavy atom. The van der Waals surface area contributed by atoms with Gasteiger partial charge in [0.25, 0.3) is 0 Å². The lowest BCUT2D eigenvalue weighted by molar-refractivity contribution is -0.0864. The van der Waals surface area contributed by atoms with Gasteiger partial charge in [-0.05, 0) is 38.1 Å². The first-order valence-electron chi connectivity index (χ1n) is 8.27. The van der Waals surface area contributed by atoms with E-state index in [0.29, 0.717) is 17.1 Å². The minimum Gasteiger partial charge on any atom is -0.508 e. The Morgan fingerprint density at radius 3 is 2.76 bits per heavy atom. The normalized spacial score (nSPS) is 27.1. The molecule has 5 heteroatoms. The fraction of sp³-hybridized carbons (Fsp3) is 0.300. The number of benzene rings is 2. The number of phenols is 1. The summed E-state index contributed by atoms with van der Waals surface area (Å²) in [5, 5.41) is 21.0. The van der Waals surface area contributed by atoms with Gasteiger partial charge in [0, 0.05) is 28.8 Å². The van der Waals surface area contributed by atoms with E-state index in [4.69, 9.17) is 14.2 Å². The van der Waals surface area contributed by atoms with Gasteiger partial charge in [-0.2, -0.15) is 0 Å². The summed E-state index contributed by atoms with van der Waals surface area (Å²) in [4.78, 5) is 0. The Labute approximate surface area is 145 Å². The molecular weight excluding hydrogens is 320 g/mol. The molecule has 2 aromatic rings. The third-order valence-corrected chi connectivity index (χ3v) is 5.02. The van der Waals surface area contributed by atoms with E-state index in [9.17, 15) is 10.2 Å². The third-order valence-electron chi connectivity index (χ3n) is 5.02. The van der Waals surface area contributed by atoms with E-state index in [-0.39, 0.29) is 18.0 Å². The van der Waals surface area contributed by atoms with Crippen molar-refractivity contribution in [2.24, 2.45) is 0 Å². The molecule has 3 heterocycles. The number of rotatable bonds is 0. The highest BCUT2D eigenvalue weighted by atomic mass is 16.5. The predicted molar refractivity (Wildman–Crippen MR) is 91.1 cm³/mol. The van der Waals surface area contributed by atoms with Crippen molar-refractivity contribution in [3.05, 3.63) is 53.1 Å². The summed E-state index contributed by atoms with van der Waals surface area (Å²) < 4.78 is 17.8. The first-order chi connectivity index (χ1) is 11.9. The van der Waals surface area contributed by atoms with Crippen LogP contribution in [0.4, 0.5) is 0 Å². The summed E-state index contributed by atoms with van der Waals surface area (Å²) in [5.74, 6) is 1.99.